The summed E-state index contributed by atoms with van der Waals surface area (Å²) in [6.07, 6.45) is 1.21. The van der Waals surface area contributed by atoms with Crippen LogP contribution >= 0.6 is 0 Å². The van der Waals surface area contributed by atoms with Crippen molar-refractivity contribution in [2.45, 2.75) is 45.3 Å². The maximum absolute atomic E-state index is 11.8. The lowest BCUT2D eigenvalue weighted by molar-refractivity contribution is -0.174. The smallest absolute Gasteiger partial charge is 0.346 e. The molecule has 0 spiro atoms. The molecule has 0 radical (unpaired) electrons. The Bertz CT molecular complexity index is 223. The highest BCUT2D eigenvalue weighted by atomic mass is 19.4. The summed E-state index contributed by atoms with van der Waals surface area (Å²) in [5.41, 5.74) is 0. The van der Waals surface area contributed by atoms with Gasteiger partial charge in [0.1, 0.15) is 0 Å². The second-order valence-corrected chi connectivity index (χ2v) is 3.37. The number of unbranched alkanes of at least 4 members (excludes halogenated alkanes) is 1. The van der Waals surface area contributed by atoms with Crippen molar-refractivity contribution in [2.75, 3.05) is 0 Å². The Morgan fingerprint density at radius 1 is 1.40 bits per heavy atom. The van der Waals surface area contributed by atoms with E-state index >= 15 is 0 Å². The van der Waals surface area contributed by atoms with E-state index < -0.39 is 18.1 Å². The Hall–Kier alpha value is -1.00. The average molecular weight is 223 g/mol. The van der Waals surface area contributed by atoms with E-state index in [1.54, 1.807) is 13.0 Å². The molecule has 1 unspecified atom stereocenters. The third kappa shape index (κ3) is 6.99. The van der Waals surface area contributed by atoms with Crippen LogP contribution in [-0.4, -0.2) is 18.1 Å². The first-order chi connectivity index (χ1) is 6.88. The van der Waals surface area contributed by atoms with Crippen molar-refractivity contribution < 1.29 is 18.0 Å². The summed E-state index contributed by atoms with van der Waals surface area (Å²) in [6.45, 7) is 3.55. The van der Waals surface area contributed by atoms with Crippen LogP contribution in [0.5, 0.6) is 0 Å². The molecule has 0 aromatic carbocycles. The van der Waals surface area contributed by atoms with Gasteiger partial charge in [0.15, 0.2) is 0 Å². The summed E-state index contributed by atoms with van der Waals surface area (Å²) in [4.78, 5) is 10.5. The first-order valence-electron chi connectivity index (χ1n) is 4.90. The van der Waals surface area contributed by atoms with Crippen molar-refractivity contribution in [1.29, 1.82) is 0 Å². The van der Waals surface area contributed by atoms with Gasteiger partial charge in [0.25, 0.3) is 0 Å². The summed E-state index contributed by atoms with van der Waals surface area (Å²) in [5.74, 6) is -1.88. The van der Waals surface area contributed by atoms with Crippen LogP contribution in [-0.2, 0) is 4.79 Å². The van der Waals surface area contributed by atoms with Crippen molar-refractivity contribution in [3.05, 3.63) is 12.2 Å². The molecule has 88 valence electrons. The Morgan fingerprint density at radius 3 is 2.47 bits per heavy atom. The van der Waals surface area contributed by atoms with E-state index in [0.29, 0.717) is 6.42 Å². The Kier molecular flexibility index (Phi) is 6.05. The fourth-order valence-corrected chi connectivity index (χ4v) is 0.949. The van der Waals surface area contributed by atoms with Crippen molar-refractivity contribution in [2.24, 2.45) is 0 Å². The fourth-order valence-electron chi connectivity index (χ4n) is 0.949. The largest absolute Gasteiger partial charge is 0.471 e. The third-order valence-corrected chi connectivity index (χ3v) is 1.75. The highest BCUT2D eigenvalue weighted by molar-refractivity contribution is 5.81. The normalized spacial score (nSPS) is 14.2. The van der Waals surface area contributed by atoms with Gasteiger partial charge in [-0.15, -0.1) is 0 Å². The van der Waals surface area contributed by atoms with Crippen LogP contribution in [0.15, 0.2) is 12.2 Å². The molecule has 5 heteroatoms. The van der Waals surface area contributed by atoms with E-state index in [2.05, 4.69) is 0 Å². The highest BCUT2D eigenvalue weighted by Crippen LogP contribution is 2.14. The molecule has 1 N–H and O–H groups in total. The molecular formula is C10H16F3NO. The molecule has 0 fully saturated rings. The lowest BCUT2D eigenvalue weighted by Crippen LogP contribution is -2.41. The first-order valence-corrected chi connectivity index (χ1v) is 4.90. The van der Waals surface area contributed by atoms with Crippen LogP contribution in [0.3, 0.4) is 0 Å². The summed E-state index contributed by atoms with van der Waals surface area (Å²) in [7, 11) is 0. The summed E-state index contributed by atoms with van der Waals surface area (Å²) in [5, 5.41) is 1.88. The zero-order valence-corrected chi connectivity index (χ0v) is 8.90. The number of halogens is 3. The molecule has 0 heterocycles. The van der Waals surface area contributed by atoms with E-state index in [1.165, 1.54) is 0 Å². The molecule has 0 rings (SSSR count). The second kappa shape index (κ2) is 6.48. The summed E-state index contributed by atoms with van der Waals surface area (Å²) >= 11 is 0. The van der Waals surface area contributed by atoms with Crippen LogP contribution in [0.25, 0.3) is 0 Å². The van der Waals surface area contributed by atoms with Crippen LogP contribution in [0.2, 0.25) is 0 Å². The fraction of sp³-hybridized carbons (Fsp3) is 0.700. The van der Waals surface area contributed by atoms with Gasteiger partial charge in [0.05, 0.1) is 0 Å². The van der Waals surface area contributed by atoms with Crippen molar-refractivity contribution in [3.63, 3.8) is 0 Å². The highest BCUT2D eigenvalue weighted by Gasteiger charge is 2.38. The van der Waals surface area contributed by atoms with Crippen LogP contribution < -0.4 is 5.32 Å². The Balaban J connectivity index is 3.84. The maximum Gasteiger partial charge on any atom is 0.471 e. The SMILES string of the molecule is CCC/C=C/CC(C)NC(=O)C(F)(F)F. The summed E-state index contributed by atoms with van der Waals surface area (Å²) < 4.78 is 35.5. The minimum Gasteiger partial charge on any atom is -0.346 e. The number of carbonyl (C=O) groups excluding carboxylic acids is 1. The van der Waals surface area contributed by atoms with E-state index in [9.17, 15) is 18.0 Å². The quantitative estimate of drug-likeness (QED) is 0.713. The monoisotopic (exact) mass is 223 g/mol. The van der Waals surface area contributed by atoms with Gasteiger partial charge in [-0.05, 0) is 19.8 Å². The molecule has 0 aliphatic rings. The Morgan fingerprint density at radius 2 is 2.00 bits per heavy atom. The number of rotatable bonds is 5. The molecular weight excluding hydrogens is 207 g/mol. The van der Waals surface area contributed by atoms with E-state index in [4.69, 9.17) is 0 Å². The third-order valence-electron chi connectivity index (χ3n) is 1.75. The molecule has 2 nitrogen and oxygen atoms in total. The van der Waals surface area contributed by atoms with Crippen molar-refractivity contribution in [3.8, 4) is 0 Å². The van der Waals surface area contributed by atoms with Gasteiger partial charge >= 0.3 is 12.1 Å². The zero-order valence-electron chi connectivity index (χ0n) is 8.90. The summed E-state index contributed by atoms with van der Waals surface area (Å²) in [6, 6.07) is -0.493. The van der Waals surface area contributed by atoms with E-state index in [0.717, 1.165) is 12.8 Å². The van der Waals surface area contributed by atoms with Crippen LogP contribution in [0.4, 0.5) is 13.2 Å². The zero-order chi connectivity index (χ0) is 11.9. The molecule has 0 aromatic rings. The molecule has 0 aliphatic carbocycles. The average Bonchev–Trinajstić information content (AvgIpc) is 2.11. The number of alkyl halides is 3. The molecule has 0 bridgehead atoms. The van der Waals surface area contributed by atoms with Gasteiger partial charge < -0.3 is 5.32 Å². The molecule has 0 saturated carbocycles. The van der Waals surface area contributed by atoms with Crippen LogP contribution in [0.1, 0.15) is 33.1 Å². The minimum atomic E-state index is -4.79. The van der Waals surface area contributed by atoms with Crippen molar-refractivity contribution >= 4 is 5.91 Å². The molecule has 0 aliphatic heterocycles. The van der Waals surface area contributed by atoms with E-state index in [1.807, 2.05) is 18.3 Å². The Labute approximate surface area is 87.5 Å². The lowest BCUT2D eigenvalue weighted by Gasteiger charge is -2.13. The van der Waals surface area contributed by atoms with Crippen molar-refractivity contribution in [1.82, 2.24) is 5.32 Å². The van der Waals surface area contributed by atoms with Gasteiger partial charge in [0, 0.05) is 6.04 Å². The van der Waals surface area contributed by atoms with E-state index in [-0.39, 0.29) is 0 Å². The standard InChI is InChI=1S/C10H16F3NO/c1-3-4-5-6-7-8(2)14-9(15)10(11,12)13/h5-6,8H,3-4,7H2,1-2H3,(H,14,15)/b6-5+. The number of amides is 1. The molecule has 15 heavy (non-hydrogen) atoms. The van der Waals surface area contributed by atoms with Gasteiger partial charge in [-0.1, -0.05) is 25.5 Å². The van der Waals surface area contributed by atoms with Gasteiger partial charge in [0.2, 0.25) is 0 Å². The molecule has 0 aromatic heterocycles. The van der Waals surface area contributed by atoms with Gasteiger partial charge in [-0.3, -0.25) is 4.79 Å². The predicted molar refractivity (Wildman–Crippen MR) is 52.3 cm³/mol. The van der Waals surface area contributed by atoms with Gasteiger partial charge in [-0.2, -0.15) is 13.2 Å². The molecule has 0 saturated heterocycles. The molecule has 1 amide bonds. The lowest BCUT2D eigenvalue weighted by atomic mass is 10.2. The topological polar surface area (TPSA) is 29.1 Å². The first kappa shape index (κ1) is 14.0. The van der Waals surface area contributed by atoms with Gasteiger partial charge in [-0.25, -0.2) is 0 Å². The number of carbonyl (C=O) groups is 1. The minimum absolute atomic E-state index is 0.418. The maximum atomic E-state index is 11.8. The predicted octanol–water partition coefficient (Wildman–Crippen LogP) is 2.80. The number of nitrogens with one attached hydrogen (secondary N) is 1. The van der Waals surface area contributed by atoms with Crippen LogP contribution in [0, 0.1) is 0 Å². The number of hydrogen-bond donors (Lipinski definition) is 1. The number of allylic oxidation sites excluding steroid dienone is 1. The second-order valence-electron chi connectivity index (χ2n) is 3.37. The number of hydrogen-bond acceptors (Lipinski definition) is 1. The molecule has 1 atom stereocenters.